The average Bonchev–Trinajstić information content (AvgIpc) is 3.13. The largest absolute Gasteiger partial charge is 0.480 e. The molecule has 0 aromatic heterocycles. The highest BCUT2D eigenvalue weighted by Crippen LogP contribution is 2.24. The Morgan fingerprint density at radius 1 is 0.750 bits per heavy atom. The molecule has 0 radical (unpaired) electrons. The SMILES string of the molecule is CC(C)C[C@@H](NC(=O)[C@@H](Cc1ccccc1)NC(=O)[C@H](N)Cc1ccccc1)C(=O)N[C@H](CCCCN)C(=O)N1CCC(NCCN)(C(=O)O)CC1. The molecule has 4 atom stereocenters. The minimum atomic E-state index is -1.18. The number of unbranched alkanes of at least 4 members (excludes halogenated alkanes) is 1. The van der Waals surface area contributed by atoms with Crippen molar-refractivity contribution in [3.05, 3.63) is 71.8 Å². The smallest absolute Gasteiger partial charge is 0.324 e. The monoisotopic (exact) mass is 722 g/mol. The van der Waals surface area contributed by atoms with Crippen LogP contribution in [0.4, 0.5) is 0 Å². The predicted molar refractivity (Wildman–Crippen MR) is 200 cm³/mol. The van der Waals surface area contributed by atoms with Gasteiger partial charge in [0.2, 0.25) is 23.6 Å². The summed E-state index contributed by atoms with van der Waals surface area (Å²) in [6.45, 7) is 5.24. The zero-order valence-electron chi connectivity index (χ0n) is 30.5. The Hall–Kier alpha value is -4.37. The Bertz CT molecular complexity index is 1440. The number of hydrogen-bond donors (Lipinski definition) is 8. The van der Waals surface area contributed by atoms with Crippen LogP contribution >= 0.6 is 0 Å². The van der Waals surface area contributed by atoms with Gasteiger partial charge in [0.25, 0.3) is 0 Å². The van der Waals surface area contributed by atoms with E-state index in [1.807, 2.05) is 74.5 Å². The number of piperidine rings is 1. The Morgan fingerprint density at radius 3 is 1.83 bits per heavy atom. The quantitative estimate of drug-likeness (QED) is 0.0828. The molecule has 3 rings (SSSR count). The summed E-state index contributed by atoms with van der Waals surface area (Å²) in [5.74, 6) is -2.90. The number of nitrogens with zero attached hydrogens (tertiary/aromatic N) is 1. The molecule has 14 heteroatoms. The number of nitrogens with one attached hydrogen (secondary N) is 4. The Labute approximate surface area is 307 Å². The third-order valence-corrected chi connectivity index (χ3v) is 9.40. The molecule has 14 nitrogen and oxygen atoms in total. The van der Waals surface area contributed by atoms with Crippen molar-refractivity contribution in [2.75, 3.05) is 32.7 Å². The molecule has 1 heterocycles. The summed E-state index contributed by atoms with van der Waals surface area (Å²) < 4.78 is 0. The molecule has 2 aromatic rings. The van der Waals surface area contributed by atoms with E-state index in [1.165, 1.54) is 0 Å². The van der Waals surface area contributed by atoms with Crippen molar-refractivity contribution in [3.63, 3.8) is 0 Å². The molecule has 286 valence electrons. The Morgan fingerprint density at radius 2 is 1.29 bits per heavy atom. The van der Waals surface area contributed by atoms with Gasteiger partial charge in [0.1, 0.15) is 23.7 Å². The molecule has 1 saturated heterocycles. The van der Waals surface area contributed by atoms with Gasteiger partial charge in [-0.25, -0.2) is 0 Å². The van der Waals surface area contributed by atoms with Gasteiger partial charge in [-0.1, -0.05) is 74.5 Å². The van der Waals surface area contributed by atoms with Crippen molar-refractivity contribution in [1.29, 1.82) is 0 Å². The van der Waals surface area contributed by atoms with Gasteiger partial charge in [-0.15, -0.1) is 0 Å². The van der Waals surface area contributed by atoms with Crippen molar-refractivity contribution in [1.82, 2.24) is 26.2 Å². The summed E-state index contributed by atoms with van der Waals surface area (Å²) in [5, 5.41) is 21.5. The number of carbonyl (C=O) groups excluding carboxylic acids is 4. The van der Waals surface area contributed by atoms with Gasteiger partial charge in [-0.2, -0.15) is 0 Å². The van der Waals surface area contributed by atoms with Crippen LogP contribution in [0.1, 0.15) is 63.5 Å². The topological polar surface area (TPSA) is 235 Å². The number of likely N-dealkylation sites (tertiary alicyclic amines) is 1. The fourth-order valence-corrected chi connectivity index (χ4v) is 6.40. The molecule has 0 aliphatic carbocycles. The summed E-state index contributed by atoms with van der Waals surface area (Å²) in [7, 11) is 0. The van der Waals surface area contributed by atoms with E-state index in [2.05, 4.69) is 21.3 Å². The standard InChI is InChI=1S/C38H58N8O6/c1-26(2)23-31(34(48)43-30(15-9-10-18-39)36(50)46-21-16-38(17-22-46,37(51)52)42-20-19-40)45-35(49)32(25-28-13-7-4-8-14-28)44-33(47)29(41)24-27-11-5-3-6-12-27/h3-8,11-14,26,29-32,42H,9-10,15-25,39-41H2,1-2H3,(H,43,48)(H,44,47)(H,45,49)(H,51,52)/t29-,30-,31-,32-/m1/s1. The maximum absolute atomic E-state index is 13.9. The first-order valence-corrected chi connectivity index (χ1v) is 18.3. The Kier molecular flexibility index (Phi) is 17.2. The number of carboxylic acids is 1. The Balaban J connectivity index is 1.77. The van der Waals surface area contributed by atoms with Gasteiger partial charge >= 0.3 is 5.97 Å². The lowest BCUT2D eigenvalue weighted by molar-refractivity contribution is -0.150. The first-order chi connectivity index (χ1) is 24.9. The van der Waals surface area contributed by atoms with Crippen LogP contribution in [0.25, 0.3) is 0 Å². The second-order valence-corrected chi connectivity index (χ2v) is 14.0. The van der Waals surface area contributed by atoms with Gasteiger partial charge < -0.3 is 48.5 Å². The fourth-order valence-electron chi connectivity index (χ4n) is 6.40. The number of hydrogen-bond acceptors (Lipinski definition) is 9. The summed E-state index contributed by atoms with van der Waals surface area (Å²) in [6.07, 6.45) is 2.64. The molecule has 4 amide bonds. The van der Waals surface area contributed by atoms with Crippen molar-refractivity contribution in [3.8, 4) is 0 Å². The van der Waals surface area contributed by atoms with Crippen LogP contribution in [0, 0.1) is 5.92 Å². The number of carbonyl (C=O) groups is 5. The highest BCUT2D eigenvalue weighted by Gasteiger charge is 2.43. The molecular weight excluding hydrogens is 664 g/mol. The van der Waals surface area contributed by atoms with Crippen molar-refractivity contribution in [2.24, 2.45) is 23.1 Å². The first-order valence-electron chi connectivity index (χ1n) is 18.3. The molecule has 0 unspecified atom stereocenters. The number of rotatable bonds is 21. The summed E-state index contributed by atoms with van der Waals surface area (Å²) in [4.78, 5) is 68.7. The van der Waals surface area contributed by atoms with E-state index >= 15 is 0 Å². The van der Waals surface area contributed by atoms with E-state index in [0.717, 1.165) is 11.1 Å². The minimum Gasteiger partial charge on any atom is -0.480 e. The summed E-state index contributed by atoms with van der Waals surface area (Å²) in [6, 6.07) is 14.7. The minimum absolute atomic E-state index is 0.00356. The van der Waals surface area contributed by atoms with Crippen LogP contribution in [-0.4, -0.2) is 102 Å². The lowest BCUT2D eigenvalue weighted by Gasteiger charge is -2.40. The van der Waals surface area contributed by atoms with Crippen LogP contribution in [0.15, 0.2) is 60.7 Å². The summed E-state index contributed by atoms with van der Waals surface area (Å²) in [5.41, 5.74) is 18.1. The maximum Gasteiger partial charge on any atom is 0.324 e. The van der Waals surface area contributed by atoms with Crippen molar-refractivity contribution in [2.45, 2.75) is 94.9 Å². The van der Waals surface area contributed by atoms with Crippen molar-refractivity contribution >= 4 is 29.6 Å². The molecular formula is C38H58N8O6. The predicted octanol–water partition coefficient (Wildman–Crippen LogP) is 0.423. The maximum atomic E-state index is 13.9. The molecule has 1 aliphatic rings. The van der Waals surface area contributed by atoms with Gasteiger partial charge in [0, 0.05) is 32.6 Å². The average molecular weight is 723 g/mol. The number of benzene rings is 2. The molecule has 2 aromatic carbocycles. The van der Waals surface area contributed by atoms with Gasteiger partial charge in [-0.05, 0) is 68.5 Å². The van der Waals surface area contributed by atoms with E-state index in [9.17, 15) is 29.1 Å². The van der Waals surface area contributed by atoms with E-state index < -0.39 is 53.4 Å². The lowest BCUT2D eigenvalue weighted by atomic mass is 9.87. The van der Waals surface area contributed by atoms with Gasteiger partial charge in [0.15, 0.2) is 0 Å². The second kappa shape index (κ2) is 21.2. The highest BCUT2D eigenvalue weighted by molar-refractivity contribution is 5.95. The van der Waals surface area contributed by atoms with Crippen LogP contribution in [-0.2, 0) is 36.8 Å². The summed E-state index contributed by atoms with van der Waals surface area (Å²) >= 11 is 0. The number of nitrogens with two attached hydrogens (primary N) is 3. The second-order valence-electron chi connectivity index (χ2n) is 14.0. The molecule has 0 spiro atoms. The third kappa shape index (κ3) is 13.0. The fraction of sp³-hybridized carbons (Fsp3) is 0.553. The van der Waals surface area contributed by atoms with Gasteiger partial charge in [-0.3, -0.25) is 24.0 Å². The van der Waals surface area contributed by atoms with Crippen LogP contribution in [0.2, 0.25) is 0 Å². The lowest BCUT2D eigenvalue weighted by Crippen LogP contribution is -2.62. The van der Waals surface area contributed by atoms with E-state index in [1.54, 1.807) is 4.90 Å². The first kappa shape index (κ1) is 42.0. The van der Waals surface area contributed by atoms with E-state index in [0.29, 0.717) is 32.4 Å². The molecule has 1 fully saturated rings. The van der Waals surface area contributed by atoms with Crippen molar-refractivity contribution < 1.29 is 29.1 Å². The normalized spacial score (nSPS) is 16.3. The van der Waals surface area contributed by atoms with E-state index in [4.69, 9.17) is 17.2 Å². The number of amides is 4. The molecule has 1 aliphatic heterocycles. The molecule has 0 bridgehead atoms. The van der Waals surface area contributed by atoms with Crippen LogP contribution in [0.3, 0.4) is 0 Å². The van der Waals surface area contributed by atoms with Crippen LogP contribution < -0.4 is 38.5 Å². The molecule has 52 heavy (non-hydrogen) atoms. The zero-order valence-corrected chi connectivity index (χ0v) is 30.5. The molecule has 11 N–H and O–H groups in total. The number of aliphatic carboxylic acids is 1. The van der Waals surface area contributed by atoms with E-state index in [-0.39, 0.29) is 63.6 Å². The highest BCUT2D eigenvalue weighted by atomic mass is 16.4. The number of carboxylic acid groups (broad SMARTS) is 1. The van der Waals surface area contributed by atoms with Crippen LogP contribution in [0.5, 0.6) is 0 Å². The van der Waals surface area contributed by atoms with Gasteiger partial charge in [0.05, 0.1) is 6.04 Å². The molecule has 0 saturated carbocycles. The zero-order chi connectivity index (χ0) is 38.1. The third-order valence-electron chi connectivity index (χ3n) is 9.40.